The summed E-state index contributed by atoms with van der Waals surface area (Å²) in [6, 6.07) is 1.27. The Labute approximate surface area is 66.6 Å². The zero-order valence-corrected chi connectivity index (χ0v) is 6.51. The normalized spacial score (nSPS) is 9.55. The van der Waals surface area contributed by atoms with Gasteiger partial charge >= 0.3 is 5.97 Å². The topological polar surface area (TPSA) is 67.3 Å². The molecule has 0 radical (unpaired) electrons. The highest BCUT2D eigenvalue weighted by molar-refractivity contribution is 7.08. The van der Waals surface area contributed by atoms with E-state index >= 15 is 0 Å². The summed E-state index contributed by atoms with van der Waals surface area (Å²) < 4.78 is 3.65. The van der Waals surface area contributed by atoms with E-state index in [9.17, 15) is 9.59 Å². The van der Waals surface area contributed by atoms with Crippen LogP contribution < -0.4 is 0 Å². The molecule has 0 aliphatic heterocycles. The van der Waals surface area contributed by atoms with E-state index in [2.05, 4.69) is 4.37 Å². The Morgan fingerprint density at radius 2 is 2.27 bits per heavy atom. The van der Waals surface area contributed by atoms with Crippen molar-refractivity contribution in [3.05, 3.63) is 16.6 Å². The van der Waals surface area contributed by atoms with Crippen molar-refractivity contribution in [2.45, 2.75) is 6.92 Å². The van der Waals surface area contributed by atoms with Crippen molar-refractivity contribution < 1.29 is 14.7 Å². The Morgan fingerprint density at radius 1 is 1.64 bits per heavy atom. The van der Waals surface area contributed by atoms with Gasteiger partial charge in [-0.25, -0.2) is 4.79 Å². The highest BCUT2D eigenvalue weighted by atomic mass is 32.1. The van der Waals surface area contributed by atoms with Gasteiger partial charge in [0.25, 0.3) is 0 Å². The summed E-state index contributed by atoms with van der Waals surface area (Å²) >= 11 is 0.816. The number of ketones is 1. The van der Waals surface area contributed by atoms with Crippen LogP contribution in [0.1, 0.15) is 27.1 Å². The molecule has 0 bridgehead atoms. The summed E-state index contributed by atoms with van der Waals surface area (Å²) in [6.07, 6.45) is 0. The number of carbonyl (C=O) groups excluding carboxylic acids is 1. The number of aromatic nitrogens is 1. The second kappa shape index (κ2) is 2.79. The monoisotopic (exact) mass is 171 g/mol. The Balaban J connectivity index is 2.99. The van der Waals surface area contributed by atoms with E-state index in [0.29, 0.717) is 0 Å². The van der Waals surface area contributed by atoms with Crippen molar-refractivity contribution in [2.24, 2.45) is 0 Å². The highest BCUT2D eigenvalue weighted by Gasteiger charge is 2.10. The Hall–Kier alpha value is -1.23. The number of hydrogen-bond donors (Lipinski definition) is 1. The summed E-state index contributed by atoms with van der Waals surface area (Å²) in [5.41, 5.74) is 0.215. The zero-order valence-electron chi connectivity index (χ0n) is 5.70. The fourth-order valence-corrected chi connectivity index (χ4v) is 1.16. The largest absolute Gasteiger partial charge is 0.477 e. The van der Waals surface area contributed by atoms with Gasteiger partial charge in [-0.1, -0.05) is 0 Å². The van der Waals surface area contributed by atoms with Gasteiger partial charge in [0.15, 0.2) is 5.78 Å². The van der Waals surface area contributed by atoms with Crippen molar-refractivity contribution in [2.75, 3.05) is 0 Å². The Kier molecular flexibility index (Phi) is 2.00. The van der Waals surface area contributed by atoms with Gasteiger partial charge in [-0.2, -0.15) is 4.37 Å². The molecule has 0 saturated heterocycles. The first-order chi connectivity index (χ1) is 5.11. The second-order valence-electron chi connectivity index (χ2n) is 1.94. The van der Waals surface area contributed by atoms with Crippen molar-refractivity contribution in [1.82, 2.24) is 4.37 Å². The summed E-state index contributed by atoms with van der Waals surface area (Å²) in [4.78, 5) is 21.0. The standard InChI is InChI=1S/C6H5NO3S/c1-3(8)4-2-5(6(9)10)11-7-4/h2H,1H3,(H,9,10). The first-order valence-electron chi connectivity index (χ1n) is 2.82. The molecule has 0 atom stereocenters. The van der Waals surface area contributed by atoms with Crippen molar-refractivity contribution >= 4 is 23.3 Å². The molecular formula is C6H5NO3S. The van der Waals surface area contributed by atoms with Crippen LogP contribution in [0, 0.1) is 0 Å². The minimum atomic E-state index is -1.05. The molecule has 0 fully saturated rings. The molecule has 1 rings (SSSR count). The van der Waals surface area contributed by atoms with Gasteiger partial charge in [0, 0.05) is 6.92 Å². The van der Waals surface area contributed by atoms with Gasteiger partial charge in [-0.15, -0.1) is 0 Å². The van der Waals surface area contributed by atoms with Gasteiger partial charge in [0.2, 0.25) is 0 Å². The van der Waals surface area contributed by atoms with Crippen LogP contribution in [0.25, 0.3) is 0 Å². The van der Waals surface area contributed by atoms with Crippen LogP contribution >= 0.6 is 11.5 Å². The summed E-state index contributed by atoms with van der Waals surface area (Å²) in [6.45, 7) is 1.35. The molecule has 0 saturated carbocycles. The first kappa shape index (κ1) is 7.87. The third-order valence-electron chi connectivity index (χ3n) is 1.08. The number of aromatic carboxylic acids is 1. The number of nitrogens with zero attached hydrogens (tertiary/aromatic N) is 1. The van der Waals surface area contributed by atoms with Crippen LogP contribution in [0.15, 0.2) is 6.07 Å². The molecule has 0 amide bonds. The second-order valence-corrected chi connectivity index (χ2v) is 2.74. The van der Waals surface area contributed by atoms with Crippen LogP contribution in [0.3, 0.4) is 0 Å². The number of carboxylic acids is 1. The fourth-order valence-electron chi connectivity index (χ4n) is 0.542. The van der Waals surface area contributed by atoms with Gasteiger partial charge in [-0.05, 0) is 17.6 Å². The number of hydrogen-bond acceptors (Lipinski definition) is 4. The third-order valence-corrected chi connectivity index (χ3v) is 1.86. The van der Waals surface area contributed by atoms with Crippen molar-refractivity contribution in [3.8, 4) is 0 Å². The predicted molar refractivity (Wildman–Crippen MR) is 39.1 cm³/mol. The van der Waals surface area contributed by atoms with Crippen molar-refractivity contribution in [3.63, 3.8) is 0 Å². The van der Waals surface area contributed by atoms with E-state index in [4.69, 9.17) is 5.11 Å². The molecule has 1 N–H and O–H groups in total. The highest BCUT2D eigenvalue weighted by Crippen LogP contribution is 2.09. The van der Waals surface area contributed by atoms with Crippen molar-refractivity contribution in [1.29, 1.82) is 0 Å². The van der Waals surface area contributed by atoms with Crippen LogP contribution in [-0.2, 0) is 0 Å². The molecule has 0 aliphatic rings. The molecule has 0 aromatic carbocycles. The number of carbonyl (C=O) groups is 2. The molecule has 4 nitrogen and oxygen atoms in total. The summed E-state index contributed by atoms with van der Waals surface area (Å²) in [5, 5.41) is 8.44. The maximum Gasteiger partial charge on any atom is 0.347 e. The minimum Gasteiger partial charge on any atom is -0.477 e. The molecule has 0 aliphatic carbocycles. The van der Waals surface area contributed by atoms with E-state index in [0.717, 1.165) is 11.5 Å². The van der Waals surface area contributed by atoms with Gasteiger partial charge in [-0.3, -0.25) is 4.79 Å². The average Bonchev–Trinajstić information content (AvgIpc) is 2.33. The van der Waals surface area contributed by atoms with Crippen LogP contribution in [-0.4, -0.2) is 21.2 Å². The molecular weight excluding hydrogens is 166 g/mol. The quantitative estimate of drug-likeness (QED) is 0.675. The summed E-state index contributed by atoms with van der Waals surface area (Å²) in [7, 11) is 0. The fraction of sp³-hybridized carbons (Fsp3) is 0.167. The molecule has 0 unspecified atom stereocenters. The zero-order chi connectivity index (χ0) is 8.43. The minimum absolute atomic E-state index is 0.0928. The lowest BCUT2D eigenvalue weighted by Gasteiger charge is -1.80. The first-order valence-corrected chi connectivity index (χ1v) is 3.59. The maximum absolute atomic E-state index is 10.6. The lowest BCUT2D eigenvalue weighted by atomic mass is 10.3. The molecule has 0 spiro atoms. The number of carboxylic acid groups (broad SMARTS) is 1. The SMILES string of the molecule is CC(=O)c1cc(C(=O)O)sn1. The lowest BCUT2D eigenvalue weighted by molar-refractivity contribution is 0.0702. The summed E-state index contributed by atoms with van der Waals surface area (Å²) in [5.74, 6) is -1.26. The maximum atomic E-state index is 10.6. The van der Waals surface area contributed by atoms with E-state index in [1.54, 1.807) is 0 Å². The smallest absolute Gasteiger partial charge is 0.347 e. The van der Waals surface area contributed by atoms with Crippen LogP contribution in [0.5, 0.6) is 0 Å². The lowest BCUT2D eigenvalue weighted by Crippen LogP contribution is -1.92. The molecule has 5 heteroatoms. The Bertz CT molecular complexity index is 276. The molecule has 1 aromatic heterocycles. The van der Waals surface area contributed by atoms with Crippen LogP contribution in [0.4, 0.5) is 0 Å². The number of rotatable bonds is 2. The van der Waals surface area contributed by atoms with Gasteiger partial charge < -0.3 is 5.11 Å². The molecule has 11 heavy (non-hydrogen) atoms. The molecule has 1 aromatic rings. The predicted octanol–water partition coefficient (Wildman–Crippen LogP) is 1.04. The average molecular weight is 171 g/mol. The van der Waals surface area contributed by atoms with E-state index in [1.807, 2.05) is 0 Å². The molecule has 58 valence electrons. The molecule has 1 heterocycles. The number of Topliss-reactive ketones (excluding diaryl/α,β-unsaturated/α-hetero) is 1. The third kappa shape index (κ3) is 1.62. The van der Waals surface area contributed by atoms with E-state index in [1.165, 1.54) is 13.0 Å². The van der Waals surface area contributed by atoms with Gasteiger partial charge in [0.1, 0.15) is 10.6 Å². The van der Waals surface area contributed by atoms with Gasteiger partial charge in [0.05, 0.1) is 0 Å². The Morgan fingerprint density at radius 3 is 2.55 bits per heavy atom. The van der Waals surface area contributed by atoms with Crippen LogP contribution in [0.2, 0.25) is 0 Å². The van der Waals surface area contributed by atoms with E-state index < -0.39 is 5.97 Å². The van der Waals surface area contributed by atoms with E-state index in [-0.39, 0.29) is 16.4 Å².